The molecule has 2 rings (SSSR count). The summed E-state index contributed by atoms with van der Waals surface area (Å²) in [6.07, 6.45) is 2.58. The Bertz CT molecular complexity index is 725. The van der Waals surface area contributed by atoms with E-state index in [-0.39, 0.29) is 11.8 Å². The number of carbonyl (C=O) groups is 2. The minimum absolute atomic E-state index is 0.0102. The molecule has 1 aromatic carbocycles. The molecular weight excluding hydrogens is 328 g/mol. The zero-order valence-corrected chi connectivity index (χ0v) is 16.1. The molecule has 1 saturated heterocycles. The summed E-state index contributed by atoms with van der Waals surface area (Å²) < 4.78 is 0. The van der Waals surface area contributed by atoms with Crippen molar-refractivity contribution in [3.63, 3.8) is 0 Å². The molecule has 140 valence electrons. The van der Waals surface area contributed by atoms with Crippen LogP contribution in [-0.4, -0.2) is 58.5 Å². The fourth-order valence-corrected chi connectivity index (χ4v) is 2.95. The molecule has 5 heteroatoms. The Morgan fingerprint density at radius 3 is 2.73 bits per heavy atom. The van der Waals surface area contributed by atoms with Gasteiger partial charge in [0, 0.05) is 31.3 Å². The maximum absolute atomic E-state index is 13.0. The first-order valence-corrected chi connectivity index (χ1v) is 9.14. The molecule has 26 heavy (non-hydrogen) atoms. The first kappa shape index (κ1) is 20.0. The Morgan fingerprint density at radius 1 is 1.35 bits per heavy atom. The van der Waals surface area contributed by atoms with Crippen molar-refractivity contribution in [3.8, 4) is 11.8 Å². The largest absolute Gasteiger partial charge is 0.378 e. The Labute approximate surface area is 156 Å². The van der Waals surface area contributed by atoms with Gasteiger partial charge in [0.05, 0.1) is 0 Å². The highest BCUT2D eigenvalue weighted by atomic mass is 16.3. The minimum Gasteiger partial charge on any atom is -0.378 e. The van der Waals surface area contributed by atoms with Crippen molar-refractivity contribution < 1.29 is 14.7 Å². The molecule has 1 unspecified atom stereocenters. The summed E-state index contributed by atoms with van der Waals surface area (Å²) in [7, 11) is 1.79. The number of benzene rings is 1. The lowest BCUT2D eigenvalue weighted by Gasteiger charge is -2.39. The standard InChI is InChI=1S/C21H28N2O3/c1-5-6-10-18-20(25)22(4)13-14-23(18)19(24)17-9-7-8-16(15-17)11-12-21(2,3)26/h7-9,15,18,26H,5-6,10,13-14H2,1-4H3. The molecule has 0 bridgehead atoms. The zero-order chi connectivity index (χ0) is 19.3. The molecule has 1 aliphatic rings. The molecule has 0 spiro atoms. The van der Waals surface area contributed by atoms with E-state index in [4.69, 9.17) is 0 Å². The number of rotatable bonds is 4. The molecule has 1 fully saturated rings. The van der Waals surface area contributed by atoms with E-state index < -0.39 is 11.6 Å². The van der Waals surface area contributed by atoms with Crippen LogP contribution in [0.1, 0.15) is 56.0 Å². The third-order valence-corrected chi connectivity index (χ3v) is 4.43. The van der Waals surface area contributed by atoms with E-state index >= 15 is 0 Å². The predicted molar refractivity (Wildman–Crippen MR) is 102 cm³/mol. The van der Waals surface area contributed by atoms with Crippen molar-refractivity contribution in [2.24, 2.45) is 0 Å². The van der Waals surface area contributed by atoms with Crippen LogP contribution in [0.2, 0.25) is 0 Å². The third-order valence-electron chi connectivity index (χ3n) is 4.43. The number of hydrogen-bond acceptors (Lipinski definition) is 3. The second kappa shape index (κ2) is 8.37. The van der Waals surface area contributed by atoms with E-state index in [1.807, 2.05) is 0 Å². The molecule has 1 atom stereocenters. The normalized spacial score (nSPS) is 17.7. The highest BCUT2D eigenvalue weighted by Crippen LogP contribution is 2.19. The van der Waals surface area contributed by atoms with Gasteiger partial charge in [0.2, 0.25) is 5.91 Å². The average molecular weight is 356 g/mol. The number of piperazine rings is 1. The number of carbonyl (C=O) groups excluding carboxylic acids is 2. The van der Waals surface area contributed by atoms with Gasteiger partial charge in [-0.2, -0.15) is 0 Å². The van der Waals surface area contributed by atoms with Crippen molar-refractivity contribution in [2.45, 2.75) is 51.7 Å². The molecular formula is C21H28N2O3. The van der Waals surface area contributed by atoms with Gasteiger partial charge in [0.1, 0.15) is 11.6 Å². The molecule has 1 aromatic rings. The second-order valence-corrected chi connectivity index (χ2v) is 7.31. The zero-order valence-electron chi connectivity index (χ0n) is 16.1. The summed E-state index contributed by atoms with van der Waals surface area (Å²) in [4.78, 5) is 29.0. The number of aliphatic hydroxyl groups is 1. The summed E-state index contributed by atoms with van der Waals surface area (Å²) >= 11 is 0. The topological polar surface area (TPSA) is 60.9 Å². The molecule has 1 aliphatic heterocycles. The number of unbranched alkanes of at least 4 members (excludes halogenated alkanes) is 1. The average Bonchev–Trinajstić information content (AvgIpc) is 2.60. The fraction of sp³-hybridized carbons (Fsp3) is 0.524. The quantitative estimate of drug-likeness (QED) is 0.842. The van der Waals surface area contributed by atoms with Crippen LogP contribution in [0.4, 0.5) is 0 Å². The fourth-order valence-electron chi connectivity index (χ4n) is 2.95. The number of likely N-dealkylation sites (N-methyl/N-ethyl adjacent to an activating group) is 1. The van der Waals surface area contributed by atoms with Gasteiger partial charge in [0.25, 0.3) is 5.91 Å². The van der Waals surface area contributed by atoms with E-state index in [9.17, 15) is 14.7 Å². The van der Waals surface area contributed by atoms with Gasteiger partial charge in [0.15, 0.2) is 0 Å². The van der Waals surface area contributed by atoms with Gasteiger partial charge in [-0.05, 0) is 38.5 Å². The van der Waals surface area contributed by atoms with Gasteiger partial charge in [-0.1, -0.05) is 37.7 Å². The lowest BCUT2D eigenvalue weighted by atomic mass is 10.0. The molecule has 0 radical (unpaired) electrons. The smallest absolute Gasteiger partial charge is 0.254 e. The Morgan fingerprint density at radius 2 is 2.08 bits per heavy atom. The van der Waals surface area contributed by atoms with Gasteiger partial charge < -0.3 is 14.9 Å². The highest BCUT2D eigenvalue weighted by molar-refractivity contribution is 5.98. The van der Waals surface area contributed by atoms with E-state index in [2.05, 4.69) is 18.8 Å². The lowest BCUT2D eigenvalue weighted by Crippen LogP contribution is -2.57. The maximum atomic E-state index is 13.0. The van der Waals surface area contributed by atoms with Crippen LogP contribution in [0.15, 0.2) is 24.3 Å². The van der Waals surface area contributed by atoms with Crippen LogP contribution in [-0.2, 0) is 4.79 Å². The Kier molecular flexibility index (Phi) is 6.44. The van der Waals surface area contributed by atoms with E-state index in [1.54, 1.807) is 55.0 Å². The summed E-state index contributed by atoms with van der Waals surface area (Å²) in [6.45, 7) is 6.39. The van der Waals surface area contributed by atoms with Crippen molar-refractivity contribution in [1.82, 2.24) is 9.80 Å². The van der Waals surface area contributed by atoms with Crippen molar-refractivity contribution in [1.29, 1.82) is 0 Å². The van der Waals surface area contributed by atoms with E-state index in [0.29, 0.717) is 30.6 Å². The first-order valence-electron chi connectivity index (χ1n) is 9.14. The number of amides is 2. The molecule has 2 amide bonds. The van der Waals surface area contributed by atoms with Crippen LogP contribution in [0.3, 0.4) is 0 Å². The highest BCUT2D eigenvalue weighted by Gasteiger charge is 2.35. The van der Waals surface area contributed by atoms with Crippen molar-refractivity contribution >= 4 is 11.8 Å². The molecule has 5 nitrogen and oxygen atoms in total. The molecule has 0 aromatic heterocycles. The summed E-state index contributed by atoms with van der Waals surface area (Å²) in [5.41, 5.74) is 0.102. The molecule has 0 saturated carbocycles. The second-order valence-electron chi connectivity index (χ2n) is 7.31. The monoisotopic (exact) mass is 356 g/mol. The third kappa shape index (κ3) is 5.09. The van der Waals surface area contributed by atoms with Gasteiger partial charge in [-0.15, -0.1) is 0 Å². The van der Waals surface area contributed by atoms with Crippen LogP contribution >= 0.6 is 0 Å². The van der Waals surface area contributed by atoms with E-state index in [0.717, 1.165) is 12.8 Å². The van der Waals surface area contributed by atoms with Crippen molar-refractivity contribution in [2.75, 3.05) is 20.1 Å². The van der Waals surface area contributed by atoms with Crippen LogP contribution in [0, 0.1) is 11.8 Å². The SMILES string of the molecule is CCCCC1C(=O)N(C)CCN1C(=O)c1cccc(C#CC(C)(C)O)c1. The van der Waals surface area contributed by atoms with Gasteiger partial charge in [-0.3, -0.25) is 9.59 Å². The van der Waals surface area contributed by atoms with Crippen LogP contribution in [0.25, 0.3) is 0 Å². The van der Waals surface area contributed by atoms with Crippen LogP contribution < -0.4 is 0 Å². The van der Waals surface area contributed by atoms with Gasteiger partial charge >= 0.3 is 0 Å². The maximum Gasteiger partial charge on any atom is 0.254 e. The predicted octanol–water partition coefficient (Wildman–Crippen LogP) is 2.28. The first-order chi connectivity index (χ1) is 12.2. The summed E-state index contributed by atoms with van der Waals surface area (Å²) in [6, 6.07) is 6.66. The number of nitrogens with zero attached hydrogens (tertiary/aromatic N) is 2. The summed E-state index contributed by atoms with van der Waals surface area (Å²) in [5, 5.41) is 9.74. The van der Waals surface area contributed by atoms with Gasteiger partial charge in [-0.25, -0.2) is 0 Å². The Hall–Kier alpha value is -2.32. The Balaban J connectivity index is 2.25. The molecule has 1 heterocycles. The van der Waals surface area contributed by atoms with Crippen LogP contribution in [0.5, 0.6) is 0 Å². The minimum atomic E-state index is -1.09. The lowest BCUT2D eigenvalue weighted by molar-refractivity contribution is -0.138. The molecule has 1 N–H and O–H groups in total. The summed E-state index contributed by atoms with van der Waals surface area (Å²) in [5.74, 6) is 5.52. The number of hydrogen-bond donors (Lipinski definition) is 1. The van der Waals surface area contributed by atoms with E-state index in [1.165, 1.54) is 0 Å². The molecule has 0 aliphatic carbocycles. The van der Waals surface area contributed by atoms with Crippen molar-refractivity contribution in [3.05, 3.63) is 35.4 Å².